The number of amides is 1. The summed E-state index contributed by atoms with van der Waals surface area (Å²) in [5.74, 6) is -0.879. The molecule has 8 nitrogen and oxygen atoms in total. The van der Waals surface area contributed by atoms with Crippen LogP contribution in [0.25, 0.3) is 10.9 Å². The molecule has 3 aromatic carbocycles. The van der Waals surface area contributed by atoms with Crippen LogP contribution in [0.3, 0.4) is 0 Å². The van der Waals surface area contributed by atoms with Crippen molar-refractivity contribution < 1.29 is 19.1 Å². The molecular formula is C29H26N4O4. The summed E-state index contributed by atoms with van der Waals surface area (Å²) >= 11 is 0. The van der Waals surface area contributed by atoms with Gasteiger partial charge in [-0.25, -0.2) is 9.59 Å². The molecule has 8 heteroatoms. The van der Waals surface area contributed by atoms with Crippen LogP contribution in [0, 0.1) is 0 Å². The van der Waals surface area contributed by atoms with E-state index in [0.717, 1.165) is 16.3 Å². The normalized spacial score (nSPS) is 13.4. The highest BCUT2D eigenvalue weighted by molar-refractivity contribution is 6.21. The molecule has 37 heavy (non-hydrogen) atoms. The van der Waals surface area contributed by atoms with Gasteiger partial charge in [-0.3, -0.25) is 19.3 Å². The van der Waals surface area contributed by atoms with Crippen molar-refractivity contribution in [3.63, 3.8) is 0 Å². The second-order valence-corrected chi connectivity index (χ2v) is 9.41. The number of nitrogens with zero attached hydrogens (tertiary/aromatic N) is 4. The molecule has 0 saturated carbocycles. The van der Waals surface area contributed by atoms with Gasteiger partial charge in [-0.1, -0.05) is 42.5 Å². The van der Waals surface area contributed by atoms with E-state index >= 15 is 0 Å². The maximum Gasteiger partial charge on any atom is 0.338 e. The Morgan fingerprint density at radius 1 is 0.892 bits per heavy atom. The van der Waals surface area contributed by atoms with Crippen LogP contribution >= 0.6 is 0 Å². The van der Waals surface area contributed by atoms with Crippen LogP contribution in [0.1, 0.15) is 38.8 Å². The van der Waals surface area contributed by atoms with Gasteiger partial charge in [0.25, 0.3) is 0 Å². The van der Waals surface area contributed by atoms with Gasteiger partial charge < -0.3 is 9.64 Å². The van der Waals surface area contributed by atoms with Crippen molar-refractivity contribution in [3.8, 4) is 0 Å². The molecule has 0 spiro atoms. The number of methoxy groups -OCH3 is 1. The lowest BCUT2D eigenvalue weighted by Crippen LogP contribution is -2.26. The maximum atomic E-state index is 13.7. The first-order valence-corrected chi connectivity index (χ1v) is 11.8. The minimum Gasteiger partial charge on any atom is -0.465 e. The van der Waals surface area contributed by atoms with E-state index in [2.05, 4.69) is 0 Å². The van der Waals surface area contributed by atoms with Gasteiger partial charge in [0.2, 0.25) is 0 Å². The van der Waals surface area contributed by atoms with Gasteiger partial charge in [0, 0.05) is 43.2 Å². The van der Waals surface area contributed by atoms with Crippen molar-refractivity contribution >= 4 is 28.7 Å². The summed E-state index contributed by atoms with van der Waals surface area (Å²) in [6.45, 7) is 1.98. The zero-order valence-corrected chi connectivity index (χ0v) is 21.1. The molecule has 1 aliphatic rings. The number of hydrogen-bond donors (Lipinski definition) is 0. The van der Waals surface area contributed by atoms with E-state index in [1.165, 1.54) is 22.8 Å². The largest absolute Gasteiger partial charge is 0.465 e. The Kier molecular flexibility index (Phi) is 5.95. The fourth-order valence-electron chi connectivity index (χ4n) is 4.71. The molecule has 0 radical (unpaired) electrons. The van der Waals surface area contributed by atoms with Crippen molar-refractivity contribution in [2.45, 2.75) is 19.0 Å². The molecule has 1 amide bonds. The van der Waals surface area contributed by atoms with E-state index in [9.17, 15) is 14.4 Å². The number of rotatable bonds is 5. The SMILES string of the molecule is COC(=O)c1cccc2c1c(C(=O)c1ccc(CC3(C)N=c4ccccc4=N3)cc1)cn2C(=O)N(C)C. The van der Waals surface area contributed by atoms with Gasteiger partial charge in [0.1, 0.15) is 0 Å². The molecule has 0 atom stereocenters. The molecule has 0 fully saturated rings. The standard InChI is InChI=1S/C29H26N4O4/c1-29(30-22-9-5-6-10-23(22)31-29)16-18-12-14-19(15-13-18)26(34)21-17-33(28(36)32(2)3)24-11-7-8-20(25(21)24)27(35)37-4/h5-15,17H,16H2,1-4H3. The minimum absolute atomic E-state index is 0.224. The number of fused-ring (bicyclic) bond motifs is 2. The number of carbonyl (C=O) groups is 3. The Balaban J connectivity index is 1.51. The Morgan fingerprint density at radius 3 is 2.14 bits per heavy atom. The molecule has 5 rings (SSSR count). The smallest absolute Gasteiger partial charge is 0.338 e. The molecule has 0 unspecified atom stereocenters. The summed E-state index contributed by atoms with van der Waals surface area (Å²) in [4.78, 5) is 50.0. The number of ether oxygens (including phenoxy) is 1. The third-order valence-electron chi connectivity index (χ3n) is 6.43. The van der Waals surface area contributed by atoms with E-state index in [-0.39, 0.29) is 22.9 Å². The third-order valence-corrected chi connectivity index (χ3v) is 6.43. The summed E-state index contributed by atoms with van der Waals surface area (Å²) in [6.07, 6.45) is 2.07. The topological polar surface area (TPSA) is 93.3 Å². The number of esters is 1. The van der Waals surface area contributed by atoms with Crippen molar-refractivity contribution in [2.24, 2.45) is 9.98 Å². The van der Waals surface area contributed by atoms with Gasteiger partial charge >= 0.3 is 12.0 Å². The van der Waals surface area contributed by atoms with Crippen molar-refractivity contribution in [1.82, 2.24) is 9.47 Å². The van der Waals surface area contributed by atoms with Gasteiger partial charge in [0.05, 0.1) is 28.9 Å². The number of carbonyl (C=O) groups excluding carboxylic acids is 3. The quantitative estimate of drug-likeness (QED) is 0.314. The minimum atomic E-state index is -0.607. The lowest BCUT2D eigenvalue weighted by Gasteiger charge is -2.17. The van der Waals surface area contributed by atoms with Crippen LogP contribution in [0.2, 0.25) is 0 Å². The Morgan fingerprint density at radius 2 is 1.54 bits per heavy atom. The monoisotopic (exact) mass is 494 g/mol. The van der Waals surface area contributed by atoms with E-state index < -0.39 is 11.6 Å². The van der Waals surface area contributed by atoms with Crippen molar-refractivity contribution in [2.75, 3.05) is 21.2 Å². The Labute approximate surface area is 213 Å². The predicted octanol–water partition coefficient (Wildman–Crippen LogP) is 3.40. The lowest BCUT2D eigenvalue weighted by atomic mass is 9.96. The molecule has 1 aliphatic heterocycles. The molecular weight excluding hydrogens is 468 g/mol. The second kappa shape index (κ2) is 9.13. The number of aromatic nitrogens is 1. The van der Waals surface area contributed by atoms with Crippen LogP contribution in [0.4, 0.5) is 4.79 Å². The lowest BCUT2D eigenvalue weighted by molar-refractivity contribution is 0.0603. The molecule has 0 saturated heterocycles. The summed E-state index contributed by atoms with van der Waals surface area (Å²) < 4.78 is 6.32. The second-order valence-electron chi connectivity index (χ2n) is 9.41. The van der Waals surface area contributed by atoms with Crippen LogP contribution < -0.4 is 10.7 Å². The fraction of sp³-hybridized carbons (Fsp3) is 0.207. The van der Waals surface area contributed by atoms with Crippen LogP contribution in [-0.4, -0.2) is 54.1 Å². The number of ketones is 1. The molecule has 0 aliphatic carbocycles. The molecule has 2 heterocycles. The molecule has 1 aromatic heterocycles. The number of hydrogen-bond acceptors (Lipinski definition) is 6. The van der Waals surface area contributed by atoms with Crippen LogP contribution in [0.15, 0.2) is 82.9 Å². The summed E-state index contributed by atoms with van der Waals surface area (Å²) in [5, 5.41) is 2.14. The summed E-state index contributed by atoms with van der Waals surface area (Å²) in [7, 11) is 4.53. The molecule has 186 valence electrons. The Bertz CT molecular complexity index is 1650. The van der Waals surface area contributed by atoms with Crippen molar-refractivity contribution in [1.29, 1.82) is 0 Å². The highest BCUT2D eigenvalue weighted by Crippen LogP contribution is 2.29. The molecule has 0 bridgehead atoms. The average molecular weight is 495 g/mol. The Hall–Kier alpha value is -4.59. The number of para-hydroxylation sites is 2. The molecule has 0 N–H and O–H groups in total. The van der Waals surface area contributed by atoms with Gasteiger partial charge in [-0.2, -0.15) is 0 Å². The summed E-state index contributed by atoms with van der Waals surface area (Å²) in [6, 6.07) is 19.7. The van der Waals surface area contributed by atoms with E-state index in [0.29, 0.717) is 22.9 Å². The average Bonchev–Trinajstić information content (AvgIpc) is 3.45. The van der Waals surface area contributed by atoms with Gasteiger partial charge in [-0.15, -0.1) is 0 Å². The highest BCUT2D eigenvalue weighted by atomic mass is 16.5. The third kappa shape index (κ3) is 4.31. The first kappa shape index (κ1) is 24.1. The predicted molar refractivity (Wildman–Crippen MR) is 138 cm³/mol. The number of benzene rings is 3. The summed E-state index contributed by atoms with van der Waals surface area (Å²) in [5.41, 5.74) is 1.75. The van der Waals surface area contributed by atoms with E-state index in [4.69, 9.17) is 14.7 Å². The van der Waals surface area contributed by atoms with Gasteiger partial charge in [-0.05, 0) is 36.8 Å². The van der Waals surface area contributed by atoms with E-state index in [1.807, 2.05) is 43.3 Å². The first-order valence-electron chi connectivity index (χ1n) is 11.8. The van der Waals surface area contributed by atoms with Crippen LogP contribution in [0.5, 0.6) is 0 Å². The van der Waals surface area contributed by atoms with Crippen molar-refractivity contribution in [3.05, 3.63) is 106 Å². The van der Waals surface area contributed by atoms with E-state index in [1.54, 1.807) is 44.4 Å². The first-order chi connectivity index (χ1) is 17.7. The highest BCUT2D eigenvalue weighted by Gasteiger charge is 2.27. The van der Waals surface area contributed by atoms with Gasteiger partial charge in [0.15, 0.2) is 11.4 Å². The zero-order chi connectivity index (χ0) is 26.3. The maximum absolute atomic E-state index is 13.7. The fourth-order valence-corrected chi connectivity index (χ4v) is 4.71. The molecule has 4 aromatic rings. The van der Waals surface area contributed by atoms with Crippen LogP contribution in [-0.2, 0) is 11.2 Å². The zero-order valence-electron chi connectivity index (χ0n) is 21.1.